The first-order valence-corrected chi connectivity index (χ1v) is 4.27. The molecule has 1 aromatic heterocycles. The van der Waals surface area contributed by atoms with Crippen molar-refractivity contribution in [1.29, 1.82) is 0 Å². The van der Waals surface area contributed by atoms with Crippen molar-refractivity contribution >= 4 is 28.4 Å². The largest absolute Gasteiger partial charge is 0.428 e. The van der Waals surface area contributed by atoms with Crippen LogP contribution >= 0.6 is 11.6 Å². The van der Waals surface area contributed by atoms with Crippen molar-refractivity contribution in [3.05, 3.63) is 35.0 Å². The van der Waals surface area contributed by atoms with E-state index in [0.717, 1.165) is 4.73 Å². The van der Waals surface area contributed by atoms with Gasteiger partial charge in [0, 0.05) is 10.4 Å². The van der Waals surface area contributed by atoms with Crippen LogP contribution in [0.5, 0.6) is 0 Å². The van der Waals surface area contributed by atoms with Gasteiger partial charge in [-0.2, -0.15) is 4.73 Å². The number of aromatic nitrogens is 1. The highest BCUT2D eigenvalue weighted by atomic mass is 35.5. The van der Waals surface area contributed by atoms with Gasteiger partial charge in [0.05, 0.1) is 17.3 Å². The lowest BCUT2D eigenvalue weighted by Crippen LogP contribution is -2.10. The van der Waals surface area contributed by atoms with Gasteiger partial charge in [0.15, 0.2) is 0 Å². The summed E-state index contributed by atoms with van der Waals surface area (Å²) in [7, 11) is 0. The van der Waals surface area contributed by atoms with Gasteiger partial charge in [-0.05, 0) is 12.1 Å². The van der Waals surface area contributed by atoms with Crippen molar-refractivity contribution in [2.45, 2.75) is 0 Å². The summed E-state index contributed by atoms with van der Waals surface area (Å²) < 4.78 is 0.835. The Hall–Kier alpha value is -1.68. The third-order valence-corrected chi connectivity index (χ3v) is 2.25. The smallest absolute Gasteiger partial charge is 0.251 e. The molecule has 2 rings (SSSR count). The van der Waals surface area contributed by atoms with Crippen LogP contribution in [0.2, 0.25) is 5.02 Å². The Morgan fingerprint density at radius 1 is 1.50 bits per heavy atom. The molecule has 1 aromatic carbocycles. The minimum Gasteiger partial charge on any atom is -0.428 e. The van der Waals surface area contributed by atoms with E-state index in [4.69, 9.17) is 17.3 Å². The minimum absolute atomic E-state index is 0.277. The second-order valence-electron chi connectivity index (χ2n) is 2.91. The van der Waals surface area contributed by atoms with Gasteiger partial charge in [0.2, 0.25) is 0 Å². The highest BCUT2D eigenvalue weighted by molar-refractivity contribution is 6.31. The van der Waals surface area contributed by atoms with Gasteiger partial charge in [-0.25, -0.2) is 0 Å². The van der Waals surface area contributed by atoms with Crippen LogP contribution in [0.15, 0.2) is 24.4 Å². The van der Waals surface area contributed by atoms with E-state index in [-0.39, 0.29) is 5.56 Å². The van der Waals surface area contributed by atoms with E-state index in [1.54, 1.807) is 18.2 Å². The zero-order valence-corrected chi connectivity index (χ0v) is 7.82. The zero-order valence-electron chi connectivity index (χ0n) is 7.07. The average Bonchev–Trinajstić information content (AvgIpc) is 2.44. The molecule has 0 spiro atoms. The summed E-state index contributed by atoms with van der Waals surface area (Å²) in [5.41, 5.74) is 5.88. The summed E-state index contributed by atoms with van der Waals surface area (Å²) in [5, 5.41) is 10.5. The van der Waals surface area contributed by atoms with Gasteiger partial charge in [0.25, 0.3) is 5.91 Å². The quantitative estimate of drug-likeness (QED) is 0.703. The molecule has 0 unspecified atom stereocenters. The summed E-state index contributed by atoms with van der Waals surface area (Å²) in [5.74, 6) is -0.579. The van der Waals surface area contributed by atoms with E-state index in [2.05, 4.69) is 0 Å². The van der Waals surface area contributed by atoms with Crippen molar-refractivity contribution in [2.75, 3.05) is 0 Å². The molecule has 0 radical (unpaired) electrons. The molecule has 0 aliphatic rings. The number of carbonyl (C=O) groups is 1. The molecule has 2 aromatic rings. The topological polar surface area (TPSA) is 68.2 Å². The summed E-state index contributed by atoms with van der Waals surface area (Å²) in [4.78, 5) is 11.0. The van der Waals surface area contributed by atoms with Crippen molar-refractivity contribution < 1.29 is 10.0 Å². The molecule has 4 nitrogen and oxygen atoms in total. The summed E-state index contributed by atoms with van der Waals surface area (Å²) in [6, 6.07) is 4.84. The van der Waals surface area contributed by atoms with E-state index >= 15 is 0 Å². The van der Waals surface area contributed by atoms with Gasteiger partial charge < -0.3 is 10.9 Å². The molecule has 0 aliphatic heterocycles. The second-order valence-corrected chi connectivity index (χ2v) is 3.35. The maximum absolute atomic E-state index is 11.0. The van der Waals surface area contributed by atoms with E-state index in [1.165, 1.54) is 6.20 Å². The van der Waals surface area contributed by atoms with E-state index in [9.17, 15) is 10.0 Å². The number of benzene rings is 1. The molecule has 0 bridgehead atoms. The third kappa shape index (κ3) is 1.20. The molecule has 0 saturated carbocycles. The lowest BCUT2D eigenvalue weighted by molar-refractivity contribution is 0.0999. The Kier molecular flexibility index (Phi) is 1.86. The lowest BCUT2D eigenvalue weighted by atomic mass is 10.2. The summed E-state index contributed by atoms with van der Waals surface area (Å²) >= 11 is 5.74. The van der Waals surface area contributed by atoms with Gasteiger partial charge in [-0.1, -0.05) is 17.7 Å². The predicted octanol–water partition coefficient (Wildman–Crippen LogP) is 1.63. The predicted molar refractivity (Wildman–Crippen MR) is 52.7 cm³/mol. The number of nitrogens with two attached hydrogens (primary N) is 1. The fourth-order valence-electron chi connectivity index (χ4n) is 1.38. The number of amides is 1. The van der Waals surface area contributed by atoms with E-state index in [1.807, 2.05) is 0 Å². The third-order valence-electron chi connectivity index (χ3n) is 2.01. The molecular formula is C9H7ClN2O2. The maximum atomic E-state index is 11.0. The van der Waals surface area contributed by atoms with Crippen LogP contribution in [0, 0.1) is 0 Å². The summed E-state index contributed by atoms with van der Waals surface area (Å²) in [6.45, 7) is 0. The molecule has 3 N–H and O–H groups in total. The Labute approximate surface area is 84.5 Å². The van der Waals surface area contributed by atoms with Gasteiger partial charge >= 0.3 is 0 Å². The van der Waals surface area contributed by atoms with Crippen LogP contribution in [0.1, 0.15) is 10.4 Å². The number of primary amides is 1. The number of halogens is 1. The standard InChI is InChI=1S/C9H7ClN2O2/c10-5-1-2-6-7(9(11)13)4-12(14)8(6)3-5/h1-4,14H,(H2,11,13). The average molecular weight is 211 g/mol. The molecule has 0 aliphatic carbocycles. The van der Waals surface area contributed by atoms with Crippen molar-refractivity contribution in [3.63, 3.8) is 0 Å². The fraction of sp³-hybridized carbons (Fsp3) is 0. The fourth-order valence-corrected chi connectivity index (χ4v) is 1.55. The molecule has 72 valence electrons. The Balaban J connectivity index is 2.84. The Morgan fingerprint density at radius 3 is 2.86 bits per heavy atom. The van der Waals surface area contributed by atoms with Crippen LogP contribution in [-0.2, 0) is 0 Å². The molecule has 1 amide bonds. The molecule has 0 saturated heterocycles. The highest BCUT2D eigenvalue weighted by Crippen LogP contribution is 2.23. The normalized spacial score (nSPS) is 10.6. The molecule has 0 fully saturated rings. The summed E-state index contributed by atoms with van der Waals surface area (Å²) in [6.07, 6.45) is 1.27. The van der Waals surface area contributed by atoms with E-state index < -0.39 is 5.91 Å². The van der Waals surface area contributed by atoms with Gasteiger partial charge in [-0.3, -0.25) is 4.79 Å². The van der Waals surface area contributed by atoms with E-state index in [0.29, 0.717) is 15.9 Å². The van der Waals surface area contributed by atoms with Crippen molar-refractivity contribution in [3.8, 4) is 0 Å². The molecular weight excluding hydrogens is 204 g/mol. The molecule has 0 atom stereocenters. The Morgan fingerprint density at radius 2 is 2.21 bits per heavy atom. The number of nitrogens with zero attached hydrogens (tertiary/aromatic N) is 1. The number of fused-ring (bicyclic) bond motifs is 1. The SMILES string of the molecule is NC(=O)c1cn(O)c2cc(Cl)ccc12. The number of carbonyl (C=O) groups excluding carboxylic acids is 1. The minimum atomic E-state index is -0.579. The van der Waals surface area contributed by atoms with Crippen LogP contribution < -0.4 is 5.73 Å². The van der Waals surface area contributed by atoms with Gasteiger partial charge in [-0.15, -0.1) is 0 Å². The molecule has 14 heavy (non-hydrogen) atoms. The second kappa shape index (κ2) is 2.92. The van der Waals surface area contributed by atoms with Crippen molar-refractivity contribution in [2.24, 2.45) is 5.73 Å². The Bertz CT molecular complexity index is 519. The van der Waals surface area contributed by atoms with Crippen LogP contribution in [0.3, 0.4) is 0 Å². The first kappa shape index (κ1) is 8.90. The van der Waals surface area contributed by atoms with Crippen molar-refractivity contribution in [1.82, 2.24) is 4.73 Å². The molecule has 1 heterocycles. The maximum Gasteiger partial charge on any atom is 0.251 e. The zero-order chi connectivity index (χ0) is 10.3. The monoisotopic (exact) mass is 210 g/mol. The van der Waals surface area contributed by atoms with Crippen LogP contribution in [-0.4, -0.2) is 15.8 Å². The lowest BCUT2D eigenvalue weighted by Gasteiger charge is -1.94. The first-order valence-electron chi connectivity index (χ1n) is 3.89. The highest BCUT2D eigenvalue weighted by Gasteiger charge is 2.12. The molecule has 5 heteroatoms. The van der Waals surface area contributed by atoms with Gasteiger partial charge in [0.1, 0.15) is 0 Å². The number of rotatable bonds is 1. The van der Waals surface area contributed by atoms with Crippen LogP contribution in [0.25, 0.3) is 10.9 Å². The van der Waals surface area contributed by atoms with Crippen LogP contribution in [0.4, 0.5) is 0 Å². The number of hydrogen-bond acceptors (Lipinski definition) is 2. The first-order chi connectivity index (χ1) is 6.59. The number of hydrogen-bond donors (Lipinski definition) is 2.